The van der Waals surface area contributed by atoms with Crippen LogP contribution in [0, 0.1) is 17.4 Å². The fraction of sp³-hybridized carbons (Fsp3) is 0.125. The van der Waals surface area contributed by atoms with Gasteiger partial charge in [0.2, 0.25) is 0 Å². The van der Waals surface area contributed by atoms with Crippen LogP contribution in [-0.4, -0.2) is 11.8 Å². The lowest BCUT2D eigenvalue weighted by atomic mass is 10.1. The van der Waals surface area contributed by atoms with Crippen molar-refractivity contribution in [2.75, 3.05) is 10.6 Å². The van der Waals surface area contributed by atoms with Crippen LogP contribution in [0.15, 0.2) is 42.5 Å². The summed E-state index contributed by atoms with van der Waals surface area (Å²) in [4.78, 5) is 23.8. The third kappa shape index (κ3) is 4.04. The number of halogens is 1. The Kier molecular flexibility index (Phi) is 4.95. The lowest BCUT2D eigenvalue weighted by molar-refractivity contribution is -0.133. The van der Waals surface area contributed by atoms with Gasteiger partial charge in [0.15, 0.2) is 0 Å². The number of benzene rings is 2. The Labute approximate surface area is 137 Å². The van der Waals surface area contributed by atoms with Crippen LogP contribution in [0.4, 0.5) is 11.4 Å². The zero-order valence-corrected chi connectivity index (χ0v) is 13.9. The molecule has 2 aromatic rings. The third-order valence-electron chi connectivity index (χ3n) is 3.16. The van der Waals surface area contributed by atoms with Crippen LogP contribution in [0.1, 0.15) is 11.1 Å². The third-order valence-corrected chi connectivity index (χ3v) is 3.88. The highest BCUT2D eigenvalue weighted by molar-refractivity contribution is 14.1. The van der Waals surface area contributed by atoms with Gasteiger partial charge in [0.1, 0.15) is 0 Å². The Bertz CT molecular complexity index is 681. The summed E-state index contributed by atoms with van der Waals surface area (Å²) in [5.41, 5.74) is 3.26. The lowest BCUT2D eigenvalue weighted by Crippen LogP contribution is -2.29. The van der Waals surface area contributed by atoms with E-state index in [4.69, 9.17) is 0 Å². The quantitative estimate of drug-likeness (QED) is 0.605. The zero-order chi connectivity index (χ0) is 15.4. The fourth-order valence-corrected chi connectivity index (χ4v) is 2.15. The van der Waals surface area contributed by atoms with Gasteiger partial charge in [-0.1, -0.05) is 12.1 Å². The molecule has 0 fully saturated rings. The Morgan fingerprint density at radius 3 is 2.19 bits per heavy atom. The molecule has 0 aliphatic carbocycles. The van der Waals surface area contributed by atoms with Gasteiger partial charge < -0.3 is 10.6 Å². The first kappa shape index (κ1) is 15.5. The van der Waals surface area contributed by atoms with Gasteiger partial charge in [-0.2, -0.15) is 0 Å². The van der Waals surface area contributed by atoms with Gasteiger partial charge in [0, 0.05) is 14.9 Å². The van der Waals surface area contributed by atoms with Gasteiger partial charge in [-0.25, -0.2) is 0 Å². The number of aryl methyl sites for hydroxylation is 1. The van der Waals surface area contributed by atoms with Crippen molar-refractivity contribution in [3.05, 3.63) is 57.2 Å². The number of hydrogen-bond donors (Lipinski definition) is 2. The number of amides is 2. The second-order valence-electron chi connectivity index (χ2n) is 4.66. The summed E-state index contributed by atoms with van der Waals surface area (Å²) in [5, 5.41) is 5.20. The minimum absolute atomic E-state index is 0.594. The molecule has 0 aliphatic rings. The number of anilines is 2. The first-order valence-corrected chi connectivity index (χ1v) is 7.49. The van der Waals surface area contributed by atoms with E-state index in [2.05, 4.69) is 33.2 Å². The maximum atomic E-state index is 11.9. The molecule has 21 heavy (non-hydrogen) atoms. The Balaban J connectivity index is 2.04. The Morgan fingerprint density at radius 2 is 1.52 bits per heavy atom. The summed E-state index contributed by atoms with van der Waals surface area (Å²) >= 11 is 2.17. The molecule has 0 heterocycles. The maximum Gasteiger partial charge on any atom is 0.314 e. The van der Waals surface area contributed by atoms with Crippen molar-refractivity contribution in [3.8, 4) is 0 Å². The molecule has 0 aromatic heterocycles. The summed E-state index contributed by atoms with van der Waals surface area (Å²) in [7, 11) is 0. The minimum Gasteiger partial charge on any atom is -0.318 e. The molecular weight excluding hydrogens is 379 g/mol. The van der Waals surface area contributed by atoms with E-state index >= 15 is 0 Å². The fourth-order valence-electron chi connectivity index (χ4n) is 1.79. The number of carbonyl (C=O) groups is 2. The smallest absolute Gasteiger partial charge is 0.314 e. The number of carbonyl (C=O) groups excluding carboxylic acids is 2. The molecule has 2 N–H and O–H groups in total. The van der Waals surface area contributed by atoms with E-state index < -0.39 is 11.8 Å². The predicted octanol–water partition coefficient (Wildman–Crippen LogP) is 3.49. The molecule has 0 atom stereocenters. The van der Waals surface area contributed by atoms with E-state index in [9.17, 15) is 9.59 Å². The van der Waals surface area contributed by atoms with Crippen molar-refractivity contribution < 1.29 is 9.59 Å². The molecule has 0 saturated carbocycles. The van der Waals surface area contributed by atoms with E-state index in [-0.39, 0.29) is 0 Å². The summed E-state index contributed by atoms with van der Waals surface area (Å²) in [6.07, 6.45) is 0. The molecule has 2 rings (SSSR count). The van der Waals surface area contributed by atoms with E-state index in [1.54, 1.807) is 18.2 Å². The van der Waals surface area contributed by atoms with Crippen molar-refractivity contribution in [2.24, 2.45) is 0 Å². The first-order valence-electron chi connectivity index (χ1n) is 6.41. The monoisotopic (exact) mass is 394 g/mol. The minimum atomic E-state index is -0.683. The van der Waals surface area contributed by atoms with E-state index in [0.29, 0.717) is 11.4 Å². The maximum absolute atomic E-state index is 11.9. The highest BCUT2D eigenvalue weighted by Gasteiger charge is 2.15. The van der Waals surface area contributed by atoms with Crippen LogP contribution in [0.25, 0.3) is 0 Å². The van der Waals surface area contributed by atoms with Gasteiger partial charge in [-0.15, -0.1) is 0 Å². The largest absolute Gasteiger partial charge is 0.318 e. The molecule has 108 valence electrons. The van der Waals surface area contributed by atoms with Crippen molar-refractivity contribution in [1.29, 1.82) is 0 Å². The van der Waals surface area contributed by atoms with Gasteiger partial charge in [0.05, 0.1) is 0 Å². The zero-order valence-electron chi connectivity index (χ0n) is 11.7. The lowest BCUT2D eigenvalue weighted by Gasteiger charge is -2.10. The van der Waals surface area contributed by atoms with Gasteiger partial charge in [-0.05, 0) is 77.9 Å². The van der Waals surface area contributed by atoms with E-state index in [1.165, 1.54) is 0 Å². The van der Waals surface area contributed by atoms with Crippen LogP contribution in [0.2, 0.25) is 0 Å². The van der Waals surface area contributed by atoms with Crippen molar-refractivity contribution in [3.63, 3.8) is 0 Å². The molecule has 4 nitrogen and oxygen atoms in total. The van der Waals surface area contributed by atoms with Crippen LogP contribution in [-0.2, 0) is 9.59 Å². The first-order chi connectivity index (χ1) is 9.97. The normalized spacial score (nSPS) is 10.0. The summed E-state index contributed by atoms with van der Waals surface area (Å²) < 4.78 is 1.06. The molecule has 2 aromatic carbocycles. The molecule has 0 radical (unpaired) electrons. The molecule has 0 aliphatic heterocycles. The SMILES string of the molecule is Cc1cccc(NC(=O)C(=O)Nc2ccc(I)cc2)c1C. The molecule has 5 heteroatoms. The summed E-state index contributed by atoms with van der Waals surface area (Å²) in [6.45, 7) is 3.86. The van der Waals surface area contributed by atoms with Gasteiger partial charge >= 0.3 is 11.8 Å². The van der Waals surface area contributed by atoms with Gasteiger partial charge in [0.25, 0.3) is 0 Å². The van der Waals surface area contributed by atoms with Crippen molar-refractivity contribution >= 4 is 45.8 Å². The average Bonchev–Trinajstić information content (AvgIpc) is 2.46. The van der Waals surface area contributed by atoms with E-state index in [0.717, 1.165) is 14.7 Å². The molecular formula is C16H15IN2O2. The van der Waals surface area contributed by atoms with Crippen LogP contribution in [0.3, 0.4) is 0 Å². The number of nitrogens with one attached hydrogen (secondary N) is 2. The molecule has 0 spiro atoms. The topological polar surface area (TPSA) is 58.2 Å². The van der Waals surface area contributed by atoms with Crippen molar-refractivity contribution in [1.82, 2.24) is 0 Å². The Hall–Kier alpha value is -1.89. The molecule has 0 saturated heterocycles. The van der Waals surface area contributed by atoms with E-state index in [1.807, 2.05) is 38.1 Å². The second kappa shape index (κ2) is 6.71. The van der Waals surface area contributed by atoms with Crippen LogP contribution in [0.5, 0.6) is 0 Å². The average molecular weight is 394 g/mol. The Morgan fingerprint density at radius 1 is 0.905 bits per heavy atom. The highest BCUT2D eigenvalue weighted by Crippen LogP contribution is 2.18. The van der Waals surface area contributed by atoms with Crippen LogP contribution >= 0.6 is 22.6 Å². The second-order valence-corrected chi connectivity index (χ2v) is 5.91. The van der Waals surface area contributed by atoms with Gasteiger partial charge in [-0.3, -0.25) is 9.59 Å². The predicted molar refractivity (Wildman–Crippen MR) is 92.3 cm³/mol. The standard InChI is InChI=1S/C16H15IN2O2/c1-10-4-3-5-14(11(10)2)19-16(21)15(20)18-13-8-6-12(17)7-9-13/h3-9H,1-2H3,(H,18,20)(H,19,21). The molecule has 0 unspecified atom stereocenters. The highest BCUT2D eigenvalue weighted by atomic mass is 127. The number of hydrogen-bond acceptors (Lipinski definition) is 2. The number of rotatable bonds is 2. The summed E-state index contributed by atoms with van der Waals surface area (Å²) in [5.74, 6) is -1.36. The molecule has 2 amide bonds. The summed E-state index contributed by atoms with van der Waals surface area (Å²) in [6, 6.07) is 12.8. The molecule has 0 bridgehead atoms. The van der Waals surface area contributed by atoms with Crippen LogP contribution < -0.4 is 10.6 Å². The van der Waals surface area contributed by atoms with Crippen molar-refractivity contribution in [2.45, 2.75) is 13.8 Å².